The van der Waals surface area contributed by atoms with E-state index in [2.05, 4.69) is 19.8 Å². The van der Waals surface area contributed by atoms with Crippen LogP contribution < -0.4 is 9.62 Å². The largest absolute Gasteiger partial charge is 0.354 e. The van der Waals surface area contributed by atoms with E-state index in [0.717, 1.165) is 49.2 Å². The zero-order valence-electron chi connectivity index (χ0n) is 15.7. The van der Waals surface area contributed by atoms with Crippen LogP contribution in [-0.2, 0) is 10.0 Å². The number of rotatable bonds is 5. The molecule has 8 nitrogen and oxygen atoms in total. The van der Waals surface area contributed by atoms with Crippen molar-refractivity contribution in [3.8, 4) is 0 Å². The first-order valence-electron chi connectivity index (χ1n) is 9.75. The molecular weight excluding hydrogens is 395 g/mol. The number of piperidine rings is 1. The van der Waals surface area contributed by atoms with Crippen LogP contribution in [0.2, 0.25) is 0 Å². The summed E-state index contributed by atoms with van der Waals surface area (Å²) < 4.78 is 43.2. The van der Waals surface area contributed by atoms with Crippen molar-refractivity contribution < 1.29 is 12.8 Å². The van der Waals surface area contributed by atoms with E-state index in [0.29, 0.717) is 18.9 Å². The van der Waals surface area contributed by atoms with E-state index in [4.69, 9.17) is 5.10 Å². The molecule has 152 valence electrons. The lowest BCUT2D eigenvalue weighted by Gasteiger charge is -2.33. The minimum Gasteiger partial charge on any atom is -0.354 e. The van der Waals surface area contributed by atoms with Crippen LogP contribution in [0.15, 0.2) is 41.3 Å². The molecule has 2 aromatic heterocycles. The Morgan fingerprint density at radius 3 is 2.76 bits per heavy atom. The highest BCUT2D eigenvalue weighted by atomic mass is 32.2. The fourth-order valence-electron chi connectivity index (χ4n) is 3.76. The third-order valence-corrected chi connectivity index (χ3v) is 6.91. The maximum Gasteiger partial charge on any atom is 0.240 e. The zero-order valence-corrected chi connectivity index (χ0v) is 16.5. The summed E-state index contributed by atoms with van der Waals surface area (Å²) in [7, 11) is -3.79. The molecule has 2 aliphatic rings. The van der Waals surface area contributed by atoms with Gasteiger partial charge in [0.2, 0.25) is 10.0 Å². The average molecular weight is 416 g/mol. The predicted octanol–water partition coefficient (Wildman–Crippen LogP) is 2.09. The van der Waals surface area contributed by atoms with Gasteiger partial charge in [-0.05, 0) is 56.0 Å². The average Bonchev–Trinajstić information content (AvgIpc) is 3.46. The molecule has 1 atom stereocenters. The Kier molecular flexibility index (Phi) is 4.47. The maximum absolute atomic E-state index is 13.4. The number of fused-ring (bicyclic) bond motifs is 1. The number of anilines is 1. The number of nitrogens with zero attached hydrogens (tertiary/aromatic N) is 5. The van der Waals surface area contributed by atoms with Gasteiger partial charge < -0.3 is 4.90 Å². The number of nitrogens with one attached hydrogen (secondary N) is 1. The van der Waals surface area contributed by atoms with Crippen molar-refractivity contribution in [3.63, 3.8) is 0 Å². The fourth-order valence-corrected chi connectivity index (χ4v) is 5.06. The van der Waals surface area contributed by atoms with Gasteiger partial charge in [0.1, 0.15) is 11.6 Å². The first-order chi connectivity index (χ1) is 14.0. The third-order valence-electron chi connectivity index (χ3n) is 5.39. The molecular formula is C19H21FN6O2S. The second kappa shape index (κ2) is 7.03. The summed E-state index contributed by atoms with van der Waals surface area (Å²) in [5, 5.41) is 13.1. The number of aromatic nitrogens is 4. The minimum absolute atomic E-state index is 0.0623. The molecule has 1 aliphatic heterocycles. The molecule has 2 fully saturated rings. The number of halogens is 1. The van der Waals surface area contributed by atoms with E-state index >= 15 is 0 Å². The van der Waals surface area contributed by atoms with Crippen molar-refractivity contribution in [2.45, 2.75) is 42.5 Å². The first-order valence-corrected chi connectivity index (χ1v) is 11.2. The first kappa shape index (κ1) is 18.4. The topological polar surface area (TPSA) is 92.5 Å². The molecule has 1 N–H and O–H groups in total. The molecule has 1 aliphatic carbocycles. The van der Waals surface area contributed by atoms with Gasteiger partial charge in [0.15, 0.2) is 11.5 Å². The van der Waals surface area contributed by atoms with Crippen molar-refractivity contribution in [1.82, 2.24) is 24.5 Å². The molecule has 29 heavy (non-hydrogen) atoms. The molecule has 0 bridgehead atoms. The Balaban J connectivity index is 1.35. The molecule has 3 heterocycles. The minimum atomic E-state index is -3.79. The van der Waals surface area contributed by atoms with Crippen molar-refractivity contribution >= 4 is 21.5 Å². The summed E-state index contributed by atoms with van der Waals surface area (Å²) in [6.45, 7) is 1.28. The lowest BCUT2D eigenvalue weighted by Crippen LogP contribution is -2.48. The highest BCUT2D eigenvalue weighted by Crippen LogP contribution is 2.38. The summed E-state index contributed by atoms with van der Waals surface area (Å²) in [4.78, 5) is 2.01. The van der Waals surface area contributed by atoms with E-state index in [9.17, 15) is 12.8 Å². The van der Waals surface area contributed by atoms with Crippen LogP contribution in [0.25, 0.3) is 5.65 Å². The molecule has 0 amide bonds. The smallest absolute Gasteiger partial charge is 0.240 e. The lowest BCUT2D eigenvalue weighted by molar-refractivity contribution is 0.462. The maximum atomic E-state index is 13.4. The zero-order chi connectivity index (χ0) is 20.0. The Morgan fingerprint density at radius 2 is 1.97 bits per heavy atom. The molecule has 5 rings (SSSR count). The Morgan fingerprint density at radius 1 is 1.10 bits per heavy atom. The number of hydrogen-bond acceptors (Lipinski definition) is 6. The van der Waals surface area contributed by atoms with Gasteiger partial charge in [-0.1, -0.05) is 6.07 Å². The van der Waals surface area contributed by atoms with Gasteiger partial charge in [-0.15, -0.1) is 15.3 Å². The van der Waals surface area contributed by atoms with Crippen LogP contribution in [0.1, 0.15) is 37.4 Å². The van der Waals surface area contributed by atoms with Gasteiger partial charge in [-0.3, -0.25) is 0 Å². The van der Waals surface area contributed by atoms with Crippen LogP contribution in [0, 0.1) is 5.82 Å². The molecule has 1 unspecified atom stereocenters. The Labute approximate surface area is 167 Å². The quantitative estimate of drug-likeness (QED) is 0.685. The molecule has 1 aromatic carbocycles. The van der Waals surface area contributed by atoms with Gasteiger partial charge in [-0.25, -0.2) is 17.5 Å². The van der Waals surface area contributed by atoms with Crippen LogP contribution in [0.5, 0.6) is 0 Å². The number of sulfonamides is 1. The Hall–Kier alpha value is -2.59. The van der Waals surface area contributed by atoms with Gasteiger partial charge in [-0.2, -0.15) is 4.52 Å². The fraction of sp³-hybridized carbons (Fsp3) is 0.421. The number of benzene rings is 1. The van der Waals surface area contributed by atoms with Gasteiger partial charge in [0.05, 0.1) is 4.90 Å². The van der Waals surface area contributed by atoms with E-state index in [1.807, 2.05) is 12.1 Å². The summed E-state index contributed by atoms with van der Waals surface area (Å²) in [5.74, 6) is 1.52. The Bertz CT molecular complexity index is 1160. The highest BCUT2D eigenvalue weighted by Gasteiger charge is 2.30. The van der Waals surface area contributed by atoms with Crippen molar-refractivity contribution in [2.24, 2.45) is 0 Å². The third kappa shape index (κ3) is 3.69. The second-order valence-corrected chi connectivity index (χ2v) is 9.37. The molecule has 1 saturated carbocycles. The summed E-state index contributed by atoms with van der Waals surface area (Å²) in [6, 6.07) is 8.55. The van der Waals surface area contributed by atoms with Crippen molar-refractivity contribution in [2.75, 3.05) is 18.0 Å². The predicted molar refractivity (Wildman–Crippen MR) is 105 cm³/mol. The molecule has 0 radical (unpaired) electrons. The SMILES string of the molecule is O=S(=O)(NC1CCCN(c2ccc3nnc(C4CC4)n3n2)C1)c1cccc(F)c1. The van der Waals surface area contributed by atoms with E-state index in [1.165, 1.54) is 18.2 Å². The normalized spacial score (nSPS) is 20.3. The summed E-state index contributed by atoms with van der Waals surface area (Å²) in [6.07, 6.45) is 3.77. The highest BCUT2D eigenvalue weighted by molar-refractivity contribution is 7.89. The monoisotopic (exact) mass is 416 g/mol. The van der Waals surface area contributed by atoms with Crippen LogP contribution >= 0.6 is 0 Å². The van der Waals surface area contributed by atoms with Crippen LogP contribution in [-0.4, -0.2) is 47.4 Å². The number of hydrogen-bond donors (Lipinski definition) is 1. The molecule has 0 spiro atoms. The van der Waals surface area contributed by atoms with E-state index in [-0.39, 0.29) is 10.9 Å². The van der Waals surface area contributed by atoms with Crippen molar-refractivity contribution in [3.05, 3.63) is 48.0 Å². The van der Waals surface area contributed by atoms with Crippen LogP contribution in [0.4, 0.5) is 10.2 Å². The van der Waals surface area contributed by atoms with E-state index in [1.54, 1.807) is 4.52 Å². The second-order valence-electron chi connectivity index (χ2n) is 7.66. The molecule has 1 saturated heterocycles. The van der Waals surface area contributed by atoms with Gasteiger partial charge in [0.25, 0.3) is 0 Å². The standard InChI is InChI=1S/C19H21FN6O2S/c20-14-3-1-5-16(11-14)29(27,28)24-15-4-2-10-25(12-15)18-9-8-17-21-22-19(13-6-7-13)26(17)23-18/h1,3,5,8-9,11,13,15,24H,2,4,6-7,10,12H2. The lowest BCUT2D eigenvalue weighted by atomic mass is 10.1. The van der Waals surface area contributed by atoms with Gasteiger partial charge in [0, 0.05) is 25.0 Å². The van der Waals surface area contributed by atoms with Crippen LogP contribution in [0.3, 0.4) is 0 Å². The molecule has 3 aromatic rings. The van der Waals surface area contributed by atoms with E-state index < -0.39 is 15.8 Å². The van der Waals surface area contributed by atoms with Crippen molar-refractivity contribution in [1.29, 1.82) is 0 Å². The summed E-state index contributed by atoms with van der Waals surface area (Å²) >= 11 is 0. The summed E-state index contributed by atoms with van der Waals surface area (Å²) in [5.41, 5.74) is 0.719. The van der Waals surface area contributed by atoms with Gasteiger partial charge >= 0.3 is 0 Å². The molecule has 10 heteroatoms.